The van der Waals surface area contributed by atoms with E-state index in [-0.39, 0.29) is 17.6 Å². The van der Waals surface area contributed by atoms with E-state index in [0.29, 0.717) is 20.1 Å². The van der Waals surface area contributed by atoms with Gasteiger partial charge in [0.25, 0.3) is 5.91 Å². The fraction of sp³-hybridized carbons (Fsp3) is 0.0556. The van der Waals surface area contributed by atoms with Gasteiger partial charge in [0.15, 0.2) is 0 Å². The number of thioether (sulfide) groups is 1. The minimum atomic E-state index is -0.174. The second-order valence-electron chi connectivity index (χ2n) is 5.73. The molecular formula is C18H12N2O3S3. The van der Waals surface area contributed by atoms with E-state index in [2.05, 4.69) is 5.32 Å². The number of amides is 1. The molecule has 2 N–H and O–H groups in total. The minimum Gasteiger partial charge on any atom is -0.506 e. The van der Waals surface area contributed by atoms with Crippen molar-refractivity contribution in [1.82, 2.24) is 9.88 Å². The number of nitrogens with zero attached hydrogens (tertiary/aromatic N) is 1. The largest absolute Gasteiger partial charge is 0.506 e. The van der Waals surface area contributed by atoms with Gasteiger partial charge in [-0.2, -0.15) is 0 Å². The number of carbonyl (C=O) groups excluding carboxylic acids is 2. The topological polar surface area (TPSA) is 71.3 Å². The molecule has 1 aliphatic heterocycles. The lowest BCUT2D eigenvalue weighted by molar-refractivity contribution is -0.115. The number of hydrogen-bond donors (Lipinski definition) is 2. The van der Waals surface area contributed by atoms with E-state index in [4.69, 9.17) is 12.2 Å². The first-order chi connectivity index (χ1) is 12.4. The van der Waals surface area contributed by atoms with Crippen molar-refractivity contribution in [2.75, 3.05) is 0 Å². The van der Waals surface area contributed by atoms with Crippen molar-refractivity contribution >= 4 is 68.4 Å². The number of rotatable bonds is 2. The summed E-state index contributed by atoms with van der Waals surface area (Å²) in [5.74, 6) is -0.258. The Kier molecular flexibility index (Phi) is 4.18. The maximum atomic E-state index is 11.8. The highest BCUT2D eigenvalue weighted by Gasteiger charge is 2.22. The number of thiocarbonyl (C=S) groups is 1. The molecule has 1 fully saturated rings. The van der Waals surface area contributed by atoms with E-state index in [1.807, 2.05) is 35.7 Å². The number of thiophene rings is 1. The fourth-order valence-corrected chi connectivity index (χ4v) is 4.74. The smallest absolute Gasteiger partial charge is 0.263 e. The molecule has 8 heteroatoms. The molecule has 1 amide bonds. The molecule has 5 nitrogen and oxygen atoms in total. The molecule has 0 radical (unpaired) electrons. The van der Waals surface area contributed by atoms with Crippen molar-refractivity contribution in [2.45, 2.75) is 6.92 Å². The normalized spacial score (nSPS) is 15.8. The zero-order valence-electron chi connectivity index (χ0n) is 13.5. The quantitative estimate of drug-likeness (QED) is 0.498. The summed E-state index contributed by atoms with van der Waals surface area (Å²) < 4.78 is 1.89. The van der Waals surface area contributed by atoms with E-state index >= 15 is 0 Å². The van der Waals surface area contributed by atoms with Crippen LogP contribution in [0.2, 0.25) is 0 Å². The predicted molar refractivity (Wildman–Crippen MR) is 110 cm³/mol. The summed E-state index contributed by atoms with van der Waals surface area (Å²) in [4.78, 5) is 24.9. The maximum absolute atomic E-state index is 11.8. The van der Waals surface area contributed by atoms with Crippen molar-refractivity contribution in [1.29, 1.82) is 0 Å². The summed E-state index contributed by atoms with van der Waals surface area (Å²) >= 11 is 7.77. The third kappa shape index (κ3) is 2.96. The number of nitrogens with one attached hydrogen (secondary N) is 1. The number of hydrogen-bond acceptors (Lipinski definition) is 6. The van der Waals surface area contributed by atoms with Gasteiger partial charge in [-0.3, -0.25) is 14.2 Å². The molecule has 0 saturated carbocycles. The summed E-state index contributed by atoms with van der Waals surface area (Å²) in [7, 11) is 0. The average molecular weight is 401 g/mol. The van der Waals surface area contributed by atoms with Crippen LogP contribution in [0.3, 0.4) is 0 Å². The van der Waals surface area contributed by atoms with Crippen molar-refractivity contribution in [3.63, 3.8) is 0 Å². The third-order valence-corrected chi connectivity index (χ3v) is 6.03. The van der Waals surface area contributed by atoms with Crippen LogP contribution in [0, 0.1) is 0 Å². The van der Waals surface area contributed by atoms with Crippen LogP contribution in [0.1, 0.15) is 16.6 Å². The lowest BCUT2D eigenvalue weighted by atomic mass is 10.1. The summed E-state index contributed by atoms with van der Waals surface area (Å²) in [5.41, 5.74) is 2.57. The number of carbonyl (C=O) groups is 2. The lowest BCUT2D eigenvalue weighted by Crippen LogP contribution is -2.17. The van der Waals surface area contributed by atoms with E-state index in [1.54, 1.807) is 0 Å². The SMILES string of the molecule is CC(=O)n1cc(O)c2cc(-c3csc(C=C4SC(=S)NC4=O)c3)ccc21. The Hall–Kier alpha value is -2.42. The van der Waals surface area contributed by atoms with Gasteiger partial charge >= 0.3 is 0 Å². The Morgan fingerprint density at radius 3 is 2.81 bits per heavy atom. The molecule has 1 saturated heterocycles. The Morgan fingerprint density at radius 1 is 1.31 bits per heavy atom. The molecule has 2 aromatic heterocycles. The van der Waals surface area contributed by atoms with Gasteiger partial charge in [-0.05, 0) is 40.8 Å². The van der Waals surface area contributed by atoms with Crippen LogP contribution in [0.15, 0.2) is 40.7 Å². The predicted octanol–water partition coefficient (Wildman–Crippen LogP) is 4.22. The average Bonchev–Trinajstić information content (AvgIpc) is 3.27. The molecule has 0 spiro atoms. The molecule has 26 heavy (non-hydrogen) atoms. The number of fused-ring (bicyclic) bond motifs is 1. The minimum absolute atomic E-state index is 0.0714. The van der Waals surface area contributed by atoms with Crippen LogP contribution in [0.4, 0.5) is 0 Å². The van der Waals surface area contributed by atoms with E-state index in [0.717, 1.165) is 16.0 Å². The molecule has 1 aromatic carbocycles. The summed E-state index contributed by atoms with van der Waals surface area (Å²) in [6, 6.07) is 7.56. The monoisotopic (exact) mass is 400 g/mol. The molecule has 3 aromatic rings. The van der Waals surface area contributed by atoms with Crippen LogP contribution >= 0.6 is 35.3 Å². The van der Waals surface area contributed by atoms with Crippen molar-refractivity contribution < 1.29 is 14.7 Å². The first-order valence-electron chi connectivity index (χ1n) is 7.61. The molecule has 4 rings (SSSR count). The third-order valence-electron chi connectivity index (χ3n) is 3.99. The number of aromatic nitrogens is 1. The number of aromatic hydroxyl groups is 1. The molecule has 0 bridgehead atoms. The maximum Gasteiger partial charge on any atom is 0.263 e. The van der Waals surface area contributed by atoms with Gasteiger partial charge in [0.1, 0.15) is 10.1 Å². The van der Waals surface area contributed by atoms with Crippen molar-refractivity contribution in [3.05, 3.63) is 45.6 Å². The lowest BCUT2D eigenvalue weighted by Gasteiger charge is -2.01. The first-order valence-corrected chi connectivity index (χ1v) is 9.71. The standard InChI is InChI=1S/C18H12N2O3S3/c1-9(21)20-7-15(22)13-5-10(2-3-14(13)20)11-4-12(25-8-11)6-16-17(23)19-18(24)26-16/h2-8,22H,1H3,(H,19,23,24). The fourth-order valence-electron chi connectivity index (χ4n) is 2.78. The van der Waals surface area contributed by atoms with Crippen molar-refractivity contribution in [2.24, 2.45) is 0 Å². The molecule has 130 valence electrons. The Labute approximate surface area is 162 Å². The van der Waals surface area contributed by atoms with Crippen LogP contribution in [-0.4, -0.2) is 25.8 Å². The molecule has 3 heterocycles. The zero-order valence-corrected chi connectivity index (χ0v) is 15.9. The van der Waals surface area contributed by atoms with E-state index in [9.17, 15) is 14.7 Å². The van der Waals surface area contributed by atoms with Crippen LogP contribution in [0.25, 0.3) is 28.1 Å². The first kappa shape index (κ1) is 17.0. The zero-order chi connectivity index (χ0) is 18.4. The molecule has 0 atom stereocenters. The van der Waals surface area contributed by atoms with Gasteiger partial charge in [-0.25, -0.2) is 0 Å². The van der Waals surface area contributed by atoms with Crippen molar-refractivity contribution in [3.8, 4) is 16.9 Å². The van der Waals surface area contributed by atoms with Crippen LogP contribution in [0.5, 0.6) is 5.75 Å². The molecule has 1 aliphatic rings. The van der Waals surface area contributed by atoms with E-state index < -0.39 is 0 Å². The van der Waals surface area contributed by atoms with Gasteiger partial charge in [-0.1, -0.05) is 30.0 Å². The van der Waals surface area contributed by atoms with Gasteiger partial charge < -0.3 is 10.4 Å². The van der Waals surface area contributed by atoms with E-state index in [1.165, 1.54) is 40.8 Å². The van der Waals surface area contributed by atoms with Gasteiger partial charge in [0.05, 0.1) is 16.6 Å². The molecular weight excluding hydrogens is 388 g/mol. The summed E-state index contributed by atoms with van der Waals surface area (Å²) in [6.45, 7) is 1.45. The number of benzene rings is 1. The second-order valence-corrected chi connectivity index (χ2v) is 8.39. The molecule has 0 aliphatic carbocycles. The Balaban J connectivity index is 1.71. The highest BCUT2D eigenvalue weighted by Crippen LogP contribution is 2.35. The van der Waals surface area contributed by atoms with Gasteiger partial charge in [0, 0.05) is 17.2 Å². The van der Waals surface area contributed by atoms with Crippen LogP contribution < -0.4 is 5.32 Å². The second kappa shape index (κ2) is 6.39. The molecule has 0 unspecified atom stereocenters. The highest BCUT2D eigenvalue weighted by molar-refractivity contribution is 8.26. The Morgan fingerprint density at radius 2 is 2.12 bits per heavy atom. The Bertz CT molecular complexity index is 1120. The van der Waals surface area contributed by atoms with Gasteiger partial charge in [-0.15, -0.1) is 11.3 Å². The highest BCUT2D eigenvalue weighted by atomic mass is 32.2. The summed E-state index contributed by atoms with van der Waals surface area (Å²) in [6.07, 6.45) is 3.24. The summed E-state index contributed by atoms with van der Waals surface area (Å²) in [5, 5.41) is 15.3. The van der Waals surface area contributed by atoms with Crippen LogP contribution in [-0.2, 0) is 4.79 Å². The van der Waals surface area contributed by atoms with Gasteiger partial charge in [0.2, 0.25) is 5.91 Å².